The quantitative estimate of drug-likeness (QED) is 0.830. The number of aromatic nitrogens is 2. The number of hydrogen-bond acceptors (Lipinski definition) is 5. The SMILES string of the molecule is CCc1ncnc(N2CCC[C@H](C(=O)N3CCN(C)CC3)C2)c1F. The van der Waals surface area contributed by atoms with Gasteiger partial charge in [0, 0.05) is 39.3 Å². The van der Waals surface area contributed by atoms with Crippen molar-refractivity contribution in [2.75, 3.05) is 51.2 Å². The highest BCUT2D eigenvalue weighted by molar-refractivity contribution is 5.80. The number of piperazine rings is 1. The number of rotatable bonds is 3. The average Bonchev–Trinajstić information content (AvgIpc) is 2.62. The van der Waals surface area contributed by atoms with Crippen molar-refractivity contribution in [2.24, 2.45) is 5.92 Å². The maximum Gasteiger partial charge on any atom is 0.227 e. The summed E-state index contributed by atoms with van der Waals surface area (Å²) < 4.78 is 14.5. The minimum absolute atomic E-state index is 0.0680. The molecule has 3 rings (SSSR count). The van der Waals surface area contributed by atoms with Gasteiger partial charge in [0.1, 0.15) is 6.33 Å². The molecule has 2 fully saturated rings. The van der Waals surface area contributed by atoms with Gasteiger partial charge in [0.15, 0.2) is 11.6 Å². The van der Waals surface area contributed by atoms with E-state index in [2.05, 4.69) is 21.9 Å². The third-order valence-electron chi connectivity index (χ3n) is 5.06. The molecule has 7 heteroatoms. The highest BCUT2D eigenvalue weighted by Gasteiger charge is 2.32. The monoisotopic (exact) mass is 335 g/mol. The van der Waals surface area contributed by atoms with Gasteiger partial charge in [-0.1, -0.05) is 6.92 Å². The molecule has 0 N–H and O–H groups in total. The average molecular weight is 335 g/mol. The van der Waals surface area contributed by atoms with E-state index in [4.69, 9.17) is 0 Å². The molecular formula is C17H26FN5O. The molecule has 1 aromatic heterocycles. The van der Waals surface area contributed by atoms with Crippen LogP contribution >= 0.6 is 0 Å². The molecule has 6 nitrogen and oxygen atoms in total. The van der Waals surface area contributed by atoms with Crippen LogP contribution in [-0.4, -0.2) is 72.0 Å². The number of aryl methyl sites for hydroxylation is 1. The van der Waals surface area contributed by atoms with Gasteiger partial charge in [-0.15, -0.1) is 0 Å². The molecule has 2 saturated heterocycles. The van der Waals surface area contributed by atoms with Crippen molar-refractivity contribution in [2.45, 2.75) is 26.2 Å². The topological polar surface area (TPSA) is 52.6 Å². The van der Waals surface area contributed by atoms with E-state index in [-0.39, 0.29) is 17.6 Å². The summed E-state index contributed by atoms with van der Waals surface area (Å²) in [6, 6.07) is 0. The van der Waals surface area contributed by atoms with E-state index in [9.17, 15) is 9.18 Å². The van der Waals surface area contributed by atoms with Crippen molar-refractivity contribution in [3.05, 3.63) is 17.8 Å². The van der Waals surface area contributed by atoms with Crippen LogP contribution in [0.1, 0.15) is 25.5 Å². The molecule has 3 heterocycles. The number of carbonyl (C=O) groups is 1. The van der Waals surface area contributed by atoms with E-state index >= 15 is 0 Å². The van der Waals surface area contributed by atoms with Crippen LogP contribution in [0, 0.1) is 11.7 Å². The van der Waals surface area contributed by atoms with E-state index in [1.54, 1.807) is 0 Å². The zero-order valence-corrected chi connectivity index (χ0v) is 14.5. The number of carbonyl (C=O) groups excluding carboxylic acids is 1. The van der Waals surface area contributed by atoms with Gasteiger partial charge in [0.05, 0.1) is 11.6 Å². The molecule has 1 atom stereocenters. The first kappa shape index (κ1) is 17.1. The lowest BCUT2D eigenvalue weighted by molar-refractivity contribution is -0.137. The number of nitrogens with zero attached hydrogens (tertiary/aromatic N) is 5. The highest BCUT2D eigenvalue weighted by atomic mass is 19.1. The number of likely N-dealkylation sites (N-methyl/N-ethyl adjacent to an activating group) is 1. The van der Waals surface area contributed by atoms with Gasteiger partial charge in [-0.3, -0.25) is 4.79 Å². The second-order valence-corrected chi connectivity index (χ2v) is 6.73. The van der Waals surface area contributed by atoms with Crippen LogP contribution in [-0.2, 0) is 11.2 Å². The fourth-order valence-corrected chi connectivity index (χ4v) is 3.52. The molecule has 2 aliphatic heterocycles. The Morgan fingerprint density at radius 1 is 1.25 bits per heavy atom. The van der Waals surface area contributed by atoms with Gasteiger partial charge in [0.2, 0.25) is 5.91 Å². The van der Waals surface area contributed by atoms with Gasteiger partial charge in [-0.25, -0.2) is 14.4 Å². The maximum atomic E-state index is 14.5. The molecule has 0 aromatic carbocycles. The molecule has 0 aliphatic carbocycles. The van der Waals surface area contributed by atoms with Crippen LogP contribution in [0.15, 0.2) is 6.33 Å². The molecule has 1 amide bonds. The lowest BCUT2D eigenvalue weighted by Crippen LogP contribution is -2.51. The van der Waals surface area contributed by atoms with E-state index in [1.807, 2.05) is 16.7 Å². The first-order valence-electron chi connectivity index (χ1n) is 8.81. The summed E-state index contributed by atoms with van der Waals surface area (Å²) in [5.41, 5.74) is 0.438. The number of piperidine rings is 1. The van der Waals surface area contributed by atoms with Crippen LogP contribution in [0.25, 0.3) is 0 Å². The Balaban J connectivity index is 1.69. The predicted molar refractivity (Wildman–Crippen MR) is 90.4 cm³/mol. The summed E-state index contributed by atoms with van der Waals surface area (Å²) in [6.45, 7) is 6.57. The van der Waals surface area contributed by atoms with Crippen molar-refractivity contribution in [3.63, 3.8) is 0 Å². The minimum Gasteiger partial charge on any atom is -0.353 e. The minimum atomic E-state index is -0.340. The smallest absolute Gasteiger partial charge is 0.227 e. The Morgan fingerprint density at radius 3 is 2.71 bits per heavy atom. The number of hydrogen-bond donors (Lipinski definition) is 0. The molecule has 1 aromatic rings. The van der Waals surface area contributed by atoms with Crippen LogP contribution < -0.4 is 4.90 Å². The van der Waals surface area contributed by atoms with Gasteiger partial charge in [-0.2, -0.15) is 0 Å². The zero-order chi connectivity index (χ0) is 17.1. The molecule has 0 saturated carbocycles. The molecular weight excluding hydrogens is 309 g/mol. The Morgan fingerprint density at radius 2 is 2.00 bits per heavy atom. The van der Waals surface area contributed by atoms with E-state index in [0.29, 0.717) is 24.5 Å². The van der Waals surface area contributed by atoms with Crippen LogP contribution in [0.2, 0.25) is 0 Å². The summed E-state index contributed by atoms with van der Waals surface area (Å²) in [5, 5.41) is 0. The zero-order valence-electron chi connectivity index (χ0n) is 14.5. The summed E-state index contributed by atoms with van der Waals surface area (Å²) in [6.07, 6.45) is 3.71. The largest absolute Gasteiger partial charge is 0.353 e. The highest BCUT2D eigenvalue weighted by Crippen LogP contribution is 2.26. The van der Waals surface area contributed by atoms with Crippen molar-refractivity contribution < 1.29 is 9.18 Å². The molecule has 0 radical (unpaired) electrons. The van der Waals surface area contributed by atoms with Crippen molar-refractivity contribution >= 4 is 11.7 Å². The van der Waals surface area contributed by atoms with Crippen molar-refractivity contribution in [3.8, 4) is 0 Å². The number of amides is 1. The second-order valence-electron chi connectivity index (χ2n) is 6.73. The van der Waals surface area contributed by atoms with E-state index in [0.717, 1.165) is 45.6 Å². The first-order chi connectivity index (χ1) is 11.6. The van der Waals surface area contributed by atoms with E-state index < -0.39 is 0 Å². The van der Waals surface area contributed by atoms with Crippen molar-refractivity contribution in [1.82, 2.24) is 19.8 Å². The summed E-state index contributed by atoms with van der Waals surface area (Å²) in [5.74, 6) is 0.144. The molecule has 0 spiro atoms. The molecule has 0 bridgehead atoms. The second kappa shape index (κ2) is 7.42. The Kier molecular flexibility index (Phi) is 5.28. The molecule has 24 heavy (non-hydrogen) atoms. The van der Waals surface area contributed by atoms with Gasteiger partial charge < -0.3 is 14.7 Å². The maximum absolute atomic E-state index is 14.5. The Hall–Kier alpha value is -1.76. The Labute approximate surface area is 142 Å². The fraction of sp³-hybridized carbons (Fsp3) is 0.706. The van der Waals surface area contributed by atoms with Crippen LogP contribution in [0.4, 0.5) is 10.2 Å². The summed E-state index contributed by atoms with van der Waals surface area (Å²) >= 11 is 0. The van der Waals surface area contributed by atoms with Crippen LogP contribution in [0.3, 0.4) is 0 Å². The van der Waals surface area contributed by atoms with Gasteiger partial charge >= 0.3 is 0 Å². The fourth-order valence-electron chi connectivity index (χ4n) is 3.52. The third-order valence-corrected chi connectivity index (χ3v) is 5.06. The van der Waals surface area contributed by atoms with Gasteiger partial charge in [0.25, 0.3) is 0 Å². The Bertz CT molecular complexity index is 588. The lowest BCUT2D eigenvalue weighted by atomic mass is 9.96. The molecule has 132 valence electrons. The lowest BCUT2D eigenvalue weighted by Gasteiger charge is -2.38. The number of halogens is 1. The normalized spacial score (nSPS) is 22.7. The predicted octanol–water partition coefficient (Wildman–Crippen LogP) is 1.17. The third kappa shape index (κ3) is 3.50. The van der Waals surface area contributed by atoms with Crippen molar-refractivity contribution in [1.29, 1.82) is 0 Å². The first-order valence-corrected chi connectivity index (χ1v) is 8.81. The van der Waals surface area contributed by atoms with Crippen LogP contribution in [0.5, 0.6) is 0 Å². The van der Waals surface area contributed by atoms with E-state index in [1.165, 1.54) is 6.33 Å². The molecule has 0 unspecified atom stereocenters. The summed E-state index contributed by atoms with van der Waals surface area (Å²) in [7, 11) is 2.08. The summed E-state index contributed by atoms with van der Waals surface area (Å²) in [4.78, 5) is 27.0. The standard InChI is InChI=1S/C17H26FN5O/c1-3-14-15(18)16(20-12-19-14)23-6-4-5-13(11-23)17(24)22-9-7-21(2)8-10-22/h12-13H,3-11H2,1-2H3/t13-/m0/s1. The van der Waals surface area contributed by atoms with Gasteiger partial charge in [-0.05, 0) is 26.3 Å². The molecule has 2 aliphatic rings. The number of anilines is 1.